The fraction of sp³-hybridized carbons (Fsp3) is 0. The molecular weight excluding hydrogens is 639 g/mol. The Balaban J connectivity index is 1.11. The normalized spacial score (nSPS) is 11.4. The molecule has 1 heteroatoms. The summed E-state index contributed by atoms with van der Waals surface area (Å²) in [6.45, 7) is 0. The Morgan fingerprint density at radius 1 is 0.245 bits per heavy atom. The number of benzene rings is 10. The van der Waals surface area contributed by atoms with Crippen molar-refractivity contribution in [2.45, 2.75) is 0 Å². The second kappa shape index (κ2) is 13.0. The van der Waals surface area contributed by atoms with E-state index >= 15 is 0 Å². The van der Waals surface area contributed by atoms with E-state index in [-0.39, 0.29) is 0 Å². The van der Waals surface area contributed by atoms with Gasteiger partial charge in [0.15, 0.2) is 0 Å². The van der Waals surface area contributed by atoms with Crippen LogP contribution >= 0.6 is 0 Å². The van der Waals surface area contributed by atoms with Crippen LogP contribution in [0.3, 0.4) is 0 Å². The van der Waals surface area contributed by atoms with Gasteiger partial charge in [-0.05, 0) is 107 Å². The van der Waals surface area contributed by atoms with Crippen molar-refractivity contribution in [2.24, 2.45) is 0 Å². The topological polar surface area (TPSA) is 3.24 Å². The van der Waals surface area contributed by atoms with E-state index in [9.17, 15) is 0 Å². The molecule has 53 heavy (non-hydrogen) atoms. The average molecular weight is 674 g/mol. The fourth-order valence-electron chi connectivity index (χ4n) is 8.08. The molecule has 0 unspecified atom stereocenters. The Morgan fingerprint density at radius 2 is 0.755 bits per heavy atom. The van der Waals surface area contributed by atoms with Gasteiger partial charge in [-0.3, -0.25) is 0 Å². The van der Waals surface area contributed by atoms with Gasteiger partial charge in [0.25, 0.3) is 0 Å². The van der Waals surface area contributed by atoms with Crippen LogP contribution in [0.4, 0.5) is 17.1 Å². The van der Waals surface area contributed by atoms with Crippen molar-refractivity contribution in [1.29, 1.82) is 0 Å². The highest BCUT2D eigenvalue weighted by Gasteiger charge is 2.18. The first-order valence-electron chi connectivity index (χ1n) is 18.3. The molecule has 10 aromatic rings. The van der Waals surface area contributed by atoms with Crippen LogP contribution in [0.5, 0.6) is 0 Å². The highest BCUT2D eigenvalue weighted by Crippen LogP contribution is 2.43. The minimum Gasteiger partial charge on any atom is -0.310 e. The first kappa shape index (κ1) is 30.8. The molecule has 0 aliphatic rings. The van der Waals surface area contributed by atoms with Crippen molar-refractivity contribution in [3.8, 4) is 33.4 Å². The van der Waals surface area contributed by atoms with Crippen LogP contribution in [0.15, 0.2) is 212 Å². The van der Waals surface area contributed by atoms with E-state index in [0.717, 1.165) is 17.1 Å². The molecule has 10 aromatic carbocycles. The summed E-state index contributed by atoms with van der Waals surface area (Å²) >= 11 is 0. The van der Waals surface area contributed by atoms with Crippen LogP contribution in [0.2, 0.25) is 0 Å². The smallest absolute Gasteiger partial charge is 0.0540 e. The maximum Gasteiger partial charge on any atom is 0.0540 e. The number of hydrogen-bond acceptors (Lipinski definition) is 1. The van der Waals surface area contributed by atoms with Crippen LogP contribution in [0.25, 0.3) is 76.5 Å². The zero-order valence-electron chi connectivity index (χ0n) is 29.2. The van der Waals surface area contributed by atoms with Gasteiger partial charge in [-0.1, -0.05) is 176 Å². The standard InChI is InChI=1S/C52H35N/c1-4-21-45-37(12-1)15-9-24-48(45)41-18-7-17-40(34-41)36-28-31-43(32-29-36)53(52-27-11-26-50-47-23-6-3-14-39(47)30-33-51(50)52)44-20-8-19-42(35-44)49-25-10-16-38-13-2-5-22-46(38)49/h1-35H. The zero-order chi connectivity index (χ0) is 35.1. The van der Waals surface area contributed by atoms with Gasteiger partial charge in [0.05, 0.1) is 5.69 Å². The Hall–Kier alpha value is -6.96. The number of hydrogen-bond donors (Lipinski definition) is 0. The quantitative estimate of drug-likeness (QED) is 0.159. The molecule has 0 amide bonds. The highest BCUT2D eigenvalue weighted by molar-refractivity contribution is 6.13. The molecule has 1 nitrogen and oxygen atoms in total. The summed E-state index contributed by atoms with van der Waals surface area (Å²) < 4.78 is 0. The predicted octanol–water partition coefficient (Wildman–Crippen LogP) is 14.8. The first-order valence-corrected chi connectivity index (χ1v) is 18.3. The third kappa shape index (κ3) is 5.51. The van der Waals surface area contributed by atoms with E-state index in [1.54, 1.807) is 0 Å². The van der Waals surface area contributed by atoms with Crippen LogP contribution < -0.4 is 4.90 Å². The summed E-state index contributed by atoms with van der Waals surface area (Å²) in [7, 11) is 0. The molecule has 0 fully saturated rings. The number of nitrogens with zero attached hydrogens (tertiary/aromatic N) is 1. The lowest BCUT2D eigenvalue weighted by atomic mass is 9.95. The number of fused-ring (bicyclic) bond motifs is 5. The molecule has 0 saturated carbocycles. The lowest BCUT2D eigenvalue weighted by molar-refractivity contribution is 1.30. The lowest BCUT2D eigenvalue weighted by Gasteiger charge is -2.28. The van der Waals surface area contributed by atoms with Gasteiger partial charge in [-0.15, -0.1) is 0 Å². The van der Waals surface area contributed by atoms with Crippen molar-refractivity contribution in [1.82, 2.24) is 0 Å². The van der Waals surface area contributed by atoms with Crippen molar-refractivity contribution in [3.05, 3.63) is 212 Å². The Kier molecular flexibility index (Phi) is 7.55. The molecule has 248 valence electrons. The van der Waals surface area contributed by atoms with Crippen LogP contribution in [0, 0.1) is 0 Å². The summed E-state index contributed by atoms with van der Waals surface area (Å²) in [5.74, 6) is 0. The summed E-state index contributed by atoms with van der Waals surface area (Å²) in [6, 6.07) is 77.3. The van der Waals surface area contributed by atoms with Gasteiger partial charge >= 0.3 is 0 Å². The highest BCUT2D eigenvalue weighted by atomic mass is 15.1. The predicted molar refractivity (Wildman–Crippen MR) is 227 cm³/mol. The van der Waals surface area contributed by atoms with Crippen molar-refractivity contribution in [3.63, 3.8) is 0 Å². The van der Waals surface area contributed by atoms with Gasteiger partial charge < -0.3 is 4.90 Å². The summed E-state index contributed by atoms with van der Waals surface area (Å²) in [5, 5.41) is 10.00. The summed E-state index contributed by atoms with van der Waals surface area (Å²) in [5.41, 5.74) is 10.6. The second-order valence-corrected chi connectivity index (χ2v) is 13.7. The van der Waals surface area contributed by atoms with E-state index in [1.807, 2.05) is 0 Å². The third-order valence-electron chi connectivity index (χ3n) is 10.6. The van der Waals surface area contributed by atoms with E-state index < -0.39 is 0 Å². The zero-order valence-corrected chi connectivity index (χ0v) is 29.2. The third-order valence-corrected chi connectivity index (χ3v) is 10.6. The molecule has 0 atom stereocenters. The lowest BCUT2D eigenvalue weighted by Crippen LogP contribution is -2.10. The minimum absolute atomic E-state index is 1.11. The van der Waals surface area contributed by atoms with Crippen molar-refractivity contribution in [2.75, 3.05) is 4.90 Å². The number of rotatable bonds is 6. The minimum atomic E-state index is 1.11. The monoisotopic (exact) mass is 673 g/mol. The maximum atomic E-state index is 2.42. The van der Waals surface area contributed by atoms with Crippen LogP contribution in [-0.4, -0.2) is 0 Å². The van der Waals surface area contributed by atoms with Gasteiger partial charge in [0.2, 0.25) is 0 Å². The van der Waals surface area contributed by atoms with E-state index in [4.69, 9.17) is 0 Å². The second-order valence-electron chi connectivity index (χ2n) is 13.7. The molecule has 0 aliphatic carbocycles. The van der Waals surface area contributed by atoms with Gasteiger partial charge in [0, 0.05) is 16.8 Å². The average Bonchev–Trinajstić information content (AvgIpc) is 3.24. The van der Waals surface area contributed by atoms with Crippen LogP contribution in [0.1, 0.15) is 0 Å². The SMILES string of the molecule is c1cc(-c2ccc(N(c3cccc(-c4cccc5ccccc45)c3)c3cccc4c3ccc3ccccc34)cc2)cc(-c2cccc3ccccc23)c1. The summed E-state index contributed by atoms with van der Waals surface area (Å²) in [4.78, 5) is 2.42. The fourth-order valence-corrected chi connectivity index (χ4v) is 8.08. The molecule has 0 spiro atoms. The molecule has 10 rings (SSSR count). The Labute approximate surface area is 309 Å². The van der Waals surface area contributed by atoms with Gasteiger partial charge in [0.1, 0.15) is 0 Å². The van der Waals surface area contributed by atoms with E-state index in [2.05, 4.69) is 217 Å². The van der Waals surface area contributed by atoms with E-state index in [1.165, 1.54) is 76.5 Å². The molecule has 0 radical (unpaired) electrons. The van der Waals surface area contributed by atoms with Crippen molar-refractivity contribution >= 4 is 60.2 Å². The van der Waals surface area contributed by atoms with Gasteiger partial charge in [-0.2, -0.15) is 0 Å². The largest absolute Gasteiger partial charge is 0.310 e. The Morgan fingerprint density at radius 3 is 1.45 bits per heavy atom. The van der Waals surface area contributed by atoms with E-state index in [0.29, 0.717) is 0 Å². The maximum absolute atomic E-state index is 2.42. The molecule has 0 aliphatic heterocycles. The first-order chi connectivity index (χ1) is 26.3. The molecule has 0 heterocycles. The number of anilines is 3. The molecule has 0 bridgehead atoms. The molecular formula is C52H35N. The summed E-state index contributed by atoms with van der Waals surface area (Å²) in [6.07, 6.45) is 0. The van der Waals surface area contributed by atoms with Gasteiger partial charge in [-0.25, -0.2) is 0 Å². The molecule has 0 saturated heterocycles. The van der Waals surface area contributed by atoms with Crippen LogP contribution in [-0.2, 0) is 0 Å². The Bertz CT molecular complexity index is 2940. The molecule has 0 N–H and O–H groups in total. The molecule has 0 aromatic heterocycles. The van der Waals surface area contributed by atoms with Crippen molar-refractivity contribution < 1.29 is 0 Å².